The van der Waals surface area contributed by atoms with Gasteiger partial charge in [-0.1, -0.05) is 41.6 Å². The Hall–Kier alpha value is -2.73. The van der Waals surface area contributed by atoms with E-state index >= 15 is 0 Å². The molecule has 3 aromatic rings. The Labute approximate surface area is 149 Å². The summed E-state index contributed by atoms with van der Waals surface area (Å²) in [7, 11) is 1.88. The molecule has 0 aliphatic heterocycles. The molecule has 0 aliphatic rings. The van der Waals surface area contributed by atoms with Crippen molar-refractivity contribution < 1.29 is 9.18 Å². The van der Waals surface area contributed by atoms with Crippen molar-refractivity contribution in [3.05, 3.63) is 77.0 Å². The number of hydrogen-bond acceptors (Lipinski definition) is 4. The smallest absolute Gasteiger partial charge is 0.195 e. The van der Waals surface area contributed by atoms with Gasteiger partial charge >= 0.3 is 0 Å². The summed E-state index contributed by atoms with van der Waals surface area (Å²) in [4.78, 5) is 12.0. The van der Waals surface area contributed by atoms with Gasteiger partial charge in [0.1, 0.15) is 5.82 Å². The Morgan fingerprint density at radius 1 is 1.08 bits per heavy atom. The number of benzene rings is 2. The van der Waals surface area contributed by atoms with Crippen molar-refractivity contribution in [2.45, 2.75) is 12.1 Å². The van der Waals surface area contributed by atoms with Gasteiger partial charge < -0.3 is 4.57 Å². The van der Waals surface area contributed by atoms with Crippen LogP contribution >= 0.6 is 11.8 Å². The van der Waals surface area contributed by atoms with Gasteiger partial charge in [-0.15, -0.1) is 10.2 Å². The number of carbonyl (C=O) groups excluding carboxylic acids is 1. The number of allylic oxidation sites excluding steroid dienone is 1. The van der Waals surface area contributed by atoms with Crippen LogP contribution in [-0.2, 0) is 7.05 Å². The lowest BCUT2D eigenvalue weighted by Gasteiger charge is -2.02. The molecule has 1 aromatic heterocycles. The number of hydrogen-bond donors (Lipinski definition) is 0. The van der Waals surface area contributed by atoms with E-state index in [2.05, 4.69) is 10.2 Å². The lowest BCUT2D eigenvalue weighted by molar-refractivity contribution is 0.104. The quantitative estimate of drug-likeness (QED) is 0.387. The fraction of sp³-hybridized carbons (Fsp3) is 0.105. The van der Waals surface area contributed by atoms with Gasteiger partial charge in [0.25, 0.3) is 0 Å². The molecule has 0 radical (unpaired) electrons. The molecule has 6 heteroatoms. The summed E-state index contributed by atoms with van der Waals surface area (Å²) < 4.78 is 14.8. The predicted octanol–water partition coefficient (Wildman–Crippen LogP) is 4.42. The molecule has 0 spiro atoms. The zero-order valence-corrected chi connectivity index (χ0v) is 14.6. The molecule has 0 fully saturated rings. The van der Waals surface area contributed by atoms with E-state index in [0.717, 1.165) is 11.4 Å². The zero-order valence-electron chi connectivity index (χ0n) is 13.8. The summed E-state index contributed by atoms with van der Waals surface area (Å²) >= 11 is 1.31. The first-order valence-electron chi connectivity index (χ1n) is 7.64. The Balaban J connectivity index is 1.70. The lowest BCUT2D eigenvalue weighted by atomic mass is 10.1. The Kier molecular flexibility index (Phi) is 5.09. The summed E-state index contributed by atoms with van der Waals surface area (Å²) in [5.41, 5.74) is 2.61. The molecule has 0 saturated carbocycles. The summed E-state index contributed by atoms with van der Waals surface area (Å²) in [6.45, 7) is 2.03. The van der Waals surface area contributed by atoms with Crippen LogP contribution in [0, 0.1) is 12.7 Å². The van der Waals surface area contributed by atoms with E-state index in [1.54, 1.807) is 5.41 Å². The first-order chi connectivity index (χ1) is 12.0. The standard InChI is InChI=1S/C19H16FN3OS/c1-13-3-5-15(6-4-13)18-21-22-19(23(18)2)25-12-11-17(24)14-7-9-16(20)10-8-14/h3-12H,1-2H3/b12-11+. The van der Waals surface area contributed by atoms with Crippen molar-refractivity contribution in [2.75, 3.05) is 0 Å². The molecule has 0 amide bonds. The minimum absolute atomic E-state index is 0.187. The highest BCUT2D eigenvalue weighted by molar-refractivity contribution is 8.02. The molecule has 126 valence electrons. The van der Waals surface area contributed by atoms with Crippen molar-refractivity contribution in [2.24, 2.45) is 7.05 Å². The summed E-state index contributed by atoms with van der Waals surface area (Å²) in [5, 5.41) is 10.7. The molecule has 4 nitrogen and oxygen atoms in total. The van der Waals surface area contributed by atoms with Crippen molar-refractivity contribution in [3.63, 3.8) is 0 Å². The molecule has 0 aliphatic carbocycles. The van der Waals surface area contributed by atoms with Gasteiger partial charge in [0.05, 0.1) is 0 Å². The number of rotatable bonds is 5. The Morgan fingerprint density at radius 3 is 2.44 bits per heavy atom. The third-order valence-electron chi connectivity index (χ3n) is 3.67. The molecular formula is C19H16FN3OS. The van der Waals surface area contributed by atoms with E-state index in [9.17, 15) is 9.18 Å². The van der Waals surface area contributed by atoms with Gasteiger partial charge in [0, 0.05) is 18.2 Å². The monoisotopic (exact) mass is 353 g/mol. The molecular weight excluding hydrogens is 337 g/mol. The van der Waals surface area contributed by atoms with Gasteiger partial charge in [-0.2, -0.15) is 0 Å². The second kappa shape index (κ2) is 7.44. The summed E-state index contributed by atoms with van der Waals surface area (Å²) in [6, 6.07) is 13.5. The maximum absolute atomic E-state index is 12.9. The largest absolute Gasteiger partial charge is 0.305 e. The summed E-state index contributed by atoms with van der Waals surface area (Å²) in [5.74, 6) is 0.215. The Morgan fingerprint density at radius 2 is 1.76 bits per heavy atom. The highest BCUT2D eigenvalue weighted by atomic mass is 32.2. The van der Waals surface area contributed by atoms with Gasteiger partial charge in [-0.25, -0.2) is 4.39 Å². The number of aromatic nitrogens is 3. The molecule has 0 saturated heterocycles. The molecule has 0 bridgehead atoms. The predicted molar refractivity (Wildman–Crippen MR) is 96.9 cm³/mol. The highest BCUT2D eigenvalue weighted by Gasteiger charge is 2.10. The first-order valence-corrected chi connectivity index (χ1v) is 8.52. The molecule has 2 aromatic carbocycles. The van der Waals surface area contributed by atoms with Crippen molar-refractivity contribution in [1.82, 2.24) is 14.8 Å². The van der Waals surface area contributed by atoms with Crippen LogP contribution < -0.4 is 0 Å². The van der Waals surface area contributed by atoms with E-state index in [0.29, 0.717) is 10.7 Å². The van der Waals surface area contributed by atoms with Crippen LogP contribution in [0.25, 0.3) is 11.4 Å². The number of aryl methyl sites for hydroxylation is 1. The van der Waals surface area contributed by atoms with E-state index < -0.39 is 0 Å². The third-order valence-corrected chi connectivity index (χ3v) is 4.50. The van der Waals surface area contributed by atoms with Crippen molar-refractivity contribution >= 4 is 17.5 Å². The third kappa shape index (κ3) is 4.03. The normalized spacial score (nSPS) is 11.2. The van der Waals surface area contributed by atoms with Crippen LogP contribution in [0.4, 0.5) is 4.39 Å². The number of ketones is 1. The second-order valence-electron chi connectivity index (χ2n) is 5.52. The fourth-order valence-electron chi connectivity index (χ4n) is 2.24. The SMILES string of the molecule is Cc1ccc(-c2nnc(S/C=C/C(=O)c3ccc(F)cc3)n2C)cc1. The van der Waals surface area contributed by atoms with E-state index in [-0.39, 0.29) is 11.6 Å². The minimum Gasteiger partial charge on any atom is -0.305 e. The minimum atomic E-state index is -0.363. The van der Waals surface area contributed by atoms with Crippen LogP contribution in [-0.4, -0.2) is 20.5 Å². The average molecular weight is 353 g/mol. The first kappa shape index (κ1) is 17.1. The van der Waals surface area contributed by atoms with E-state index in [1.165, 1.54) is 47.7 Å². The molecule has 25 heavy (non-hydrogen) atoms. The topological polar surface area (TPSA) is 47.8 Å². The van der Waals surface area contributed by atoms with Crippen LogP contribution in [0.1, 0.15) is 15.9 Å². The zero-order chi connectivity index (χ0) is 17.8. The molecule has 0 unspecified atom stereocenters. The van der Waals surface area contributed by atoms with Crippen LogP contribution in [0.5, 0.6) is 0 Å². The van der Waals surface area contributed by atoms with Gasteiger partial charge in [-0.3, -0.25) is 4.79 Å². The molecule has 1 heterocycles. The van der Waals surface area contributed by atoms with Gasteiger partial charge in [0.2, 0.25) is 0 Å². The number of halogens is 1. The van der Waals surface area contributed by atoms with E-state index in [4.69, 9.17) is 0 Å². The van der Waals surface area contributed by atoms with Crippen molar-refractivity contribution in [3.8, 4) is 11.4 Å². The highest BCUT2D eigenvalue weighted by Crippen LogP contribution is 2.23. The molecule has 0 atom stereocenters. The average Bonchev–Trinajstić information content (AvgIpc) is 2.97. The molecule has 3 rings (SSSR count). The number of nitrogens with zero attached hydrogens (tertiary/aromatic N) is 3. The number of thioether (sulfide) groups is 1. The maximum Gasteiger partial charge on any atom is 0.195 e. The van der Waals surface area contributed by atoms with Crippen molar-refractivity contribution in [1.29, 1.82) is 0 Å². The lowest BCUT2D eigenvalue weighted by Crippen LogP contribution is -1.95. The summed E-state index contributed by atoms with van der Waals surface area (Å²) in [6.07, 6.45) is 1.44. The van der Waals surface area contributed by atoms with E-state index in [1.807, 2.05) is 42.8 Å². The second-order valence-corrected chi connectivity index (χ2v) is 6.40. The van der Waals surface area contributed by atoms with Crippen LogP contribution in [0.2, 0.25) is 0 Å². The molecule has 0 N–H and O–H groups in total. The van der Waals surface area contributed by atoms with Crippen LogP contribution in [0.15, 0.2) is 65.2 Å². The Bertz CT molecular complexity index is 915. The maximum atomic E-state index is 12.9. The van der Waals surface area contributed by atoms with Crippen LogP contribution in [0.3, 0.4) is 0 Å². The van der Waals surface area contributed by atoms with Gasteiger partial charge in [0.15, 0.2) is 16.8 Å². The fourth-order valence-corrected chi connectivity index (χ4v) is 2.88. The van der Waals surface area contributed by atoms with Gasteiger partial charge in [-0.05, 0) is 42.7 Å². The number of carbonyl (C=O) groups is 1.